The predicted molar refractivity (Wildman–Crippen MR) is 136 cm³/mol. The summed E-state index contributed by atoms with van der Waals surface area (Å²) in [6, 6.07) is 17.9. The van der Waals surface area contributed by atoms with E-state index in [1.807, 2.05) is 66.4 Å². The second-order valence-electron chi connectivity index (χ2n) is 9.62. The van der Waals surface area contributed by atoms with Crippen LogP contribution in [0, 0.1) is 12.8 Å². The molecule has 1 aliphatic carbocycles. The van der Waals surface area contributed by atoms with Gasteiger partial charge in [-0.05, 0) is 37.3 Å². The monoisotopic (exact) mass is 458 g/mol. The van der Waals surface area contributed by atoms with Gasteiger partial charge in [-0.25, -0.2) is 4.79 Å². The third-order valence-corrected chi connectivity index (χ3v) is 7.32. The maximum atomic E-state index is 14.1. The predicted octanol–water partition coefficient (Wildman–Crippen LogP) is 4.24. The molecule has 1 N–H and O–H groups in total. The molecule has 3 aromatic rings. The lowest BCUT2D eigenvalue weighted by Gasteiger charge is -2.29. The van der Waals surface area contributed by atoms with Gasteiger partial charge in [0.1, 0.15) is 5.69 Å². The average molecular weight is 459 g/mol. The third-order valence-electron chi connectivity index (χ3n) is 7.32. The second kappa shape index (κ2) is 10.0. The summed E-state index contributed by atoms with van der Waals surface area (Å²) in [6.07, 6.45) is 5.89. The fourth-order valence-corrected chi connectivity index (χ4v) is 5.48. The van der Waals surface area contributed by atoms with Crippen molar-refractivity contribution in [2.75, 3.05) is 26.2 Å². The van der Waals surface area contributed by atoms with Crippen LogP contribution >= 0.6 is 0 Å². The number of nitrogens with one attached hydrogen (secondary N) is 1. The topological polar surface area (TPSA) is 59.3 Å². The number of nitrogens with zero attached hydrogens (tertiary/aromatic N) is 3. The molecule has 1 aromatic heterocycles. The van der Waals surface area contributed by atoms with E-state index in [4.69, 9.17) is 0 Å². The van der Waals surface area contributed by atoms with Crippen LogP contribution in [0.1, 0.15) is 48.2 Å². The summed E-state index contributed by atoms with van der Waals surface area (Å²) >= 11 is 0. The molecule has 5 rings (SSSR count). The number of para-hydroxylation sites is 1. The number of imidazole rings is 1. The van der Waals surface area contributed by atoms with Crippen LogP contribution in [0.3, 0.4) is 0 Å². The maximum Gasteiger partial charge on any atom is 0.333 e. The lowest BCUT2D eigenvalue weighted by molar-refractivity contribution is 0.0723. The number of hydrogen-bond donors (Lipinski definition) is 1. The van der Waals surface area contributed by atoms with Crippen LogP contribution < -0.4 is 11.0 Å². The van der Waals surface area contributed by atoms with E-state index >= 15 is 0 Å². The van der Waals surface area contributed by atoms with Crippen LogP contribution in [0.15, 0.2) is 59.4 Å². The number of aryl methyl sites for hydroxylation is 1. The van der Waals surface area contributed by atoms with Gasteiger partial charge in [-0.2, -0.15) is 0 Å². The molecule has 1 aliphatic heterocycles. The van der Waals surface area contributed by atoms with E-state index in [-0.39, 0.29) is 11.6 Å². The first kappa shape index (κ1) is 22.7. The largest absolute Gasteiger partial charge is 0.335 e. The van der Waals surface area contributed by atoms with Crippen molar-refractivity contribution in [3.05, 3.63) is 76.3 Å². The lowest BCUT2D eigenvalue weighted by atomic mass is 9.89. The van der Waals surface area contributed by atoms with Gasteiger partial charge in [0.25, 0.3) is 5.91 Å². The van der Waals surface area contributed by atoms with E-state index in [0.29, 0.717) is 36.9 Å². The summed E-state index contributed by atoms with van der Waals surface area (Å²) in [4.78, 5) is 30.1. The molecule has 1 amide bonds. The summed E-state index contributed by atoms with van der Waals surface area (Å²) in [7, 11) is 0. The molecule has 2 fully saturated rings. The summed E-state index contributed by atoms with van der Waals surface area (Å²) in [6.45, 7) is 5.48. The number of carbonyl (C=O) groups is 1. The van der Waals surface area contributed by atoms with E-state index in [0.717, 1.165) is 42.7 Å². The maximum absolute atomic E-state index is 14.1. The molecule has 0 unspecified atom stereocenters. The number of hydrogen-bond acceptors (Lipinski definition) is 3. The third kappa shape index (κ3) is 4.34. The van der Waals surface area contributed by atoms with Gasteiger partial charge in [-0.1, -0.05) is 67.8 Å². The first-order chi connectivity index (χ1) is 16.6. The molecular formula is C28H34N4O2. The minimum absolute atomic E-state index is 0.0411. The second-order valence-corrected chi connectivity index (χ2v) is 9.62. The van der Waals surface area contributed by atoms with E-state index in [1.165, 1.54) is 19.3 Å². The molecule has 1 saturated heterocycles. The summed E-state index contributed by atoms with van der Waals surface area (Å²) < 4.78 is 3.58. The average Bonchev–Trinajstić information content (AvgIpc) is 3.17. The molecule has 178 valence electrons. The minimum atomic E-state index is -0.114. The number of amides is 1. The van der Waals surface area contributed by atoms with Crippen LogP contribution in [0.25, 0.3) is 16.9 Å². The van der Waals surface area contributed by atoms with Gasteiger partial charge >= 0.3 is 5.69 Å². The van der Waals surface area contributed by atoms with E-state index in [2.05, 4.69) is 5.32 Å². The molecular weight excluding hydrogens is 424 g/mol. The van der Waals surface area contributed by atoms with Crippen molar-refractivity contribution in [2.24, 2.45) is 5.92 Å². The Kier molecular flexibility index (Phi) is 6.68. The Bertz CT molecular complexity index is 1200. The van der Waals surface area contributed by atoms with Crippen molar-refractivity contribution in [1.29, 1.82) is 0 Å². The van der Waals surface area contributed by atoms with Crippen molar-refractivity contribution < 1.29 is 4.79 Å². The minimum Gasteiger partial charge on any atom is -0.335 e. The SMILES string of the molecule is Cc1ccccc1-n1c(-c2ccccc2)c(C(=O)N2CCNCC2)n(CC2CCCCC2)c1=O. The van der Waals surface area contributed by atoms with E-state index < -0.39 is 0 Å². The summed E-state index contributed by atoms with van der Waals surface area (Å²) in [5, 5.41) is 3.33. The van der Waals surface area contributed by atoms with Gasteiger partial charge in [0.15, 0.2) is 0 Å². The smallest absolute Gasteiger partial charge is 0.333 e. The highest BCUT2D eigenvalue weighted by molar-refractivity contribution is 5.99. The molecule has 34 heavy (non-hydrogen) atoms. The number of benzene rings is 2. The highest BCUT2D eigenvalue weighted by Gasteiger charge is 2.32. The van der Waals surface area contributed by atoms with Crippen LogP contribution in [-0.2, 0) is 6.54 Å². The zero-order valence-corrected chi connectivity index (χ0v) is 20.0. The number of rotatable bonds is 5. The number of piperazine rings is 1. The Labute approximate surface area is 201 Å². The molecule has 0 bridgehead atoms. The van der Waals surface area contributed by atoms with Crippen LogP contribution in [0.5, 0.6) is 0 Å². The fraction of sp³-hybridized carbons (Fsp3) is 0.429. The standard InChI is InChI=1S/C28H34N4O2/c1-21-10-8-9-15-24(21)32-25(23-13-6-3-7-14-23)26(27(33)30-18-16-29-17-19-30)31(28(32)34)20-22-11-4-2-5-12-22/h3,6-10,13-15,22,29H,2,4-5,11-12,16-20H2,1H3. The van der Waals surface area contributed by atoms with E-state index in [9.17, 15) is 9.59 Å². The molecule has 0 spiro atoms. The van der Waals surface area contributed by atoms with Gasteiger partial charge in [-0.15, -0.1) is 0 Å². The fourth-order valence-electron chi connectivity index (χ4n) is 5.48. The zero-order chi connectivity index (χ0) is 23.5. The molecule has 6 nitrogen and oxygen atoms in total. The van der Waals surface area contributed by atoms with Gasteiger partial charge in [0, 0.05) is 38.3 Å². The van der Waals surface area contributed by atoms with Gasteiger partial charge in [0.2, 0.25) is 0 Å². The van der Waals surface area contributed by atoms with Crippen molar-refractivity contribution in [2.45, 2.75) is 45.6 Å². The highest BCUT2D eigenvalue weighted by Crippen LogP contribution is 2.31. The Balaban J connectivity index is 1.75. The van der Waals surface area contributed by atoms with Crippen LogP contribution in [0.4, 0.5) is 0 Å². The summed E-state index contributed by atoms with van der Waals surface area (Å²) in [5.41, 5.74) is 3.87. The molecule has 2 aliphatic rings. The molecule has 0 radical (unpaired) electrons. The Morgan fingerprint density at radius 2 is 1.62 bits per heavy atom. The van der Waals surface area contributed by atoms with Gasteiger partial charge in [-0.3, -0.25) is 13.9 Å². The van der Waals surface area contributed by atoms with Crippen LogP contribution in [-0.4, -0.2) is 46.1 Å². The Morgan fingerprint density at radius 1 is 0.941 bits per heavy atom. The van der Waals surface area contributed by atoms with Crippen molar-refractivity contribution >= 4 is 5.91 Å². The normalized spacial score (nSPS) is 17.1. The van der Waals surface area contributed by atoms with E-state index in [1.54, 1.807) is 9.13 Å². The quantitative estimate of drug-likeness (QED) is 0.622. The van der Waals surface area contributed by atoms with Crippen molar-refractivity contribution in [3.63, 3.8) is 0 Å². The van der Waals surface area contributed by atoms with Crippen molar-refractivity contribution in [3.8, 4) is 16.9 Å². The molecule has 2 aromatic carbocycles. The molecule has 6 heteroatoms. The highest BCUT2D eigenvalue weighted by atomic mass is 16.2. The van der Waals surface area contributed by atoms with Crippen molar-refractivity contribution in [1.82, 2.24) is 19.4 Å². The Morgan fingerprint density at radius 3 is 2.32 bits per heavy atom. The molecule has 2 heterocycles. The Hall–Kier alpha value is -3.12. The lowest BCUT2D eigenvalue weighted by Crippen LogP contribution is -2.47. The first-order valence-electron chi connectivity index (χ1n) is 12.6. The molecule has 1 saturated carbocycles. The first-order valence-corrected chi connectivity index (χ1v) is 12.6. The molecule has 0 atom stereocenters. The van der Waals surface area contributed by atoms with Gasteiger partial charge in [0.05, 0.1) is 11.4 Å². The number of aromatic nitrogens is 2. The van der Waals surface area contributed by atoms with Crippen LogP contribution in [0.2, 0.25) is 0 Å². The zero-order valence-electron chi connectivity index (χ0n) is 20.0. The van der Waals surface area contributed by atoms with Gasteiger partial charge < -0.3 is 10.2 Å². The number of carbonyl (C=O) groups excluding carboxylic acids is 1. The summed E-state index contributed by atoms with van der Waals surface area (Å²) in [5.74, 6) is 0.387.